The minimum Gasteiger partial charge on any atom is -0.495 e. The van der Waals surface area contributed by atoms with Gasteiger partial charge in [-0.25, -0.2) is 0 Å². The quantitative estimate of drug-likeness (QED) is 0.605. The first-order valence-electron chi connectivity index (χ1n) is 6.83. The summed E-state index contributed by atoms with van der Waals surface area (Å²) in [4.78, 5) is 2.22. The predicted octanol–water partition coefficient (Wildman–Crippen LogP) is 1.47. The number of hydrogen-bond donors (Lipinski definition) is 1. The van der Waals surface area contributed by atoms with Crippen LogP contribution < -0.4 is 10.5 Å². The van der Waals surface area contributed by atoms with E-state index in [9.17, 15) is 0 Å². The smallest absolute Gasteiger partial charge is 0.134 e. The highest BCUT2D eigenvalue weighted by Crippen LogP contribution is 2.19. The fraction of sp³-hybridized carbons (Fsp3) is 0.500. The lowest BCUT2D eigenvalue weighted by molar-refractivity contribution is 0.120. The molecule has 0 atom stereocenters. The summed E-state index contributed by atoms with van der Waals surface area (Å²) in [7, 11) is 3.73. The van der Waals surface area contributed by atoms with Gasteiger partial charge in [0.1, 0.15) is 5.75 Å². The van der Waals surface area contributed by atoms with Crippen molar-refractivity contribution in [2.24, 2.45) is 5.73 Å². The predicted molar refractivity (Wildman–Crippen MR) is 81.8 cm³/mol. The van der Waals surface area contributed by atoms with Crippen molar-refractivity contribution in [2.75, 3.05) is 40.5 Å². The maximum absolute atomic E-state index is 5.42. The molecule has 4 heteroatoms. The molecular weight excluding hydrogens is 252 g/mol. The molecule has 0 unspecified atom stereocenters. The molecule has 2 N–H and O–H groups in total. The summed E-state index contributed by atoms with van der Waals surface area (Å²) in [5.41, 5.74) is 7.50. The molecule has 0 heterocycles. The summed E-state index contributed by atoms with van der Waals surface area (Å²) < 4.78 is 10.7. The van der Waals surface area contributed by atoms with Crippen LogP contribution in [0.25, 0.3) is 0 Å². The van der Waals surface area contributed by atoms with Gasteiger partial charge in [0.2, 0.25) is 0 Å². The maximum Gasteiger partial charge on any atom is 0.134 e. The number of benzene rings is 1. The van der Waals surface area contributed by atoms with Crippen LogP contribution >= 0.6 is 0 Å². The zero-order valence-electron chi connectivity index (χ0n) is 12.6. The molecule has 0 saturated carbocycles. The lowest BCUT2D eigenvalue weighted by Gasteiger charge is -2.17. The van der Waals surface area contributed by atoms with E-state index in [1.807, 2.05) is 13.0 Å². The van der Waals surface area contributed by atoms with Gasteiger partial charge in [-0.3, -0.25) is 4.90 Å². The van der Waals surface area contributed by atoms with Crippen molar-refractivity contribution < 1.29 is 9.47 Å². The number of hydrogen-bond acceptors (Lipinski definition) is 4. The van der Waals surface area contributed by atoms with Crippen LogP contribution in [0, 0.1) is 11.8 Å². The van der Waals surface area contributed by atoms with E-state index >= 15 is 0 Å². The number of ether oxygens (including phenoxy) is 2. The molecule has 1 rings (SSSR count). The van der Waals surface area contributed by atoms with Crippen LogP contribution in [0.5, 0.6) is 5.75 Å². The minimum atomic E-state index is 0.349. The Morgan fingerprint density at radius 3 is 2.80 bits per heavy atom. The van der Waals surface area contributed by atoms with Crippen molar-refractivity contribution in [3.05, 3.63) is 29.3 Å². The summed E-state index contributed by atoms with van der Waals surface area (Å²) in [5.74, 6) is 6.70. The lowest BCUT2D eigenvalue weighted by atomic mass is 10.1. The summed E-state index contributed by atoms with van der Waals surface area (Å²) in [5, 5.41) is 0. The Bertz CT molecular complexity index is 463. The Hall–Kier alpha value is -1.54. The molecule has 1 aromatic rings. The number of nitrogens with zero attached hydrogens (tertiary/aromatic N) is 1. The molecule has 4 nitrogen and oxygen atoms in total. The SMILES string of the molecule is CCOCCN(C)Cc1ccc(OC)c(C#CCN)c1. The molecule has 110 valence electrons. The molecule has 0 fully saturated rings. The van der Waals surface area contributed by atoms with Crippen molar-refractivity contribution in [3.63, 3.8) is 0 Å². The average molecular weight is 276 g/mol. The van der Waals surface area contributed by atoms with Gasteiger partial charge in [0, 0.05) is 19.7 Å². The Labute approximate surface area is 121 Å². The van der Waals surface area contributed by atoms with Gasteiger partial charge >= 0.3 is 0 Å². The third-order valence-electron chi connectivity index (χ3n) is 2.86. The first-order valence-corrected chi connectivity index (χ1v) is 6.83. The second-order valence-electron chi connectivity index (χ2n) is 4.48. The van der Waals surface area contributed by atoms with Crippen LogP contribution in [0.3, 0.4) is 0 Å². The molecule has 0 bridgehead atoms. The van der Waals surface area contributed by atoms with E-state index in [1.165, 1.54) is 5.56 Å². The Balaban J connectivity index is 2.71. The van der Waals surface area contributed by atoms with E-state index in [0.717, 1.165) is 37.6 Å². The molecule has 1 aromatic carbocycles. The number of nitrogens with two attached hydrogens (primary N) is 1. The van der Waals surface area contributed by atoms with Gasteiger partial charge < -0.3 is 15.2 Å². The molecular formula is C16H24N2O2. The van der Waals surface area contributed by atoms with Gasteiger partial charge in [0.05, 0.1) is 25.8 Å². The average Bonchev–Trinajstić information content (AvgIpc) is 2.45. The molecule has 20 heavy (non-hydrogen) atoms. The van der Waals surface area contributed by atoms with Crippen molar-refractivity contribution in [1.82, 2.24) is 4.90 Å². The van der Waals surface area contributed by atoms with Crippen molar-refractivity contribution in [2.45, 2.75) is 13.5 Å². The van der Waals surface area contributed by atoms with Crippen LogP contribution in [0.15, 0.2) is 18.2 Å². The van der Waals surface area contributed by atoms with E-state index in [4.69, 9.17) is 15.2 Å². The second kappa shape index (κ2) is 9.38. The van der Waals surface area contributed by atoms with E-state index in [0.29, 0.717) is 6.54 Å². The third-order valence-corrected chi connectivity index (χ3v) is 2.86. The topological polar surface area (TPSA) is 47.7 Å². The van der Waals surface area contributed by atoms with Crippen LogP contribution in [0.4, 0.5) is 0 Å². The fourth-order valence-electron chi connectivity index (χ4n) is 1.85. The van der Waals surface area contributed by atoms with Gasteiger partial charge in [-0.2, -0.15) is 0 Å². The first-order chi connectivity index (χ1) is 9.71. The monoisotopic (exact) mass is 276 g/mol. The minimum absolute atomic E-state index is 0.349. The molecule has 0 saturated heterocycles. The molecule has 0 aromatic heterocycles. The molecule has 0 radical (unpaired) electrons. The summed E-state index contributed by atoms with van der Waals surface area (Å²) in [6, 6.07) is 6.06. The Kier molecular flexibility index (Phi) is 7.74. The van der Waals surface area contributed by atoms with Crippen LogP contribution in [-0.2, 0) is 11.3 Å². The molecule has 0 spiro atoms. The summed E-state index contributed by atoms with van der Waals surface area (Å²) >= 11 is 0. The van der Waals surface area contributed by atoms with Gasteiger partial charge in [0.15, 0.2) is 0 Å². The van der Waals surface area contributed by atoms with Crippen molar-refractivity contribution in [1.29, 1.82) is 0 Å². The van der Waals surface area contributed by atoms with Crippen LogP contribution in [0.2, 0.25) is 0 Å². The molecule has 0 aliphatic heterocycles. The highest BCUT2D eigenvalue weighted by Gasteiger charge is 2.05. The van der Waals surface area contributed by atoms with E-state index in [2.05, 4.69) is 35.9 Å². The normalized spacial score (nSPS) is 10.2. The summed E-state index contributed by atoms with van der Waals surface area (Å²) in [6.07, 6.45) is 0. The van der Waals surface area contributed by atoms with Gasteiger partial charge in [-0.1, -0.05) is 17.9 Å². The molecule has 0 aliphatic carbocycles. The largest absolute Gasteiger partial charge is 0.495 e. The maximum atomic E-state index is 5.42. The molecule has 0 aliphatic rings. The van der Waals surface area contributed by atoms with Crippen molar-refractivity contribution >= 4 is 0 Å². The standard InChI is InChI=1S/C16H24N2O2/c1-4-20-11-10-18(2)13-14-7-8-16(19-3)15(12-14)6-5-9-17/h7-8,12H,4,9-11,13,17H2,1-3H3. The van der Waals surface area contributed by atoms with E-state index in [-0.39, 0.29) is 0 Å². The van der Waals surface area contributed by atoms with Gasteiger partial charge in [0.25, 0.3) is 0 Å². The number of likely N-dealkylation sites (N-methyl/N-ethyl adjacent to an activating group) is 1. The van der Waals surface area contributed by atoms with Crippen LogP contribution in [0.1, 0.15) is 18.1 Å². The lowest BCUT2D eigenvalue weighted by Crippen LogP contribution is -2.22. The number of rotatable bonds is 7. The first kappa shape index (κ1) is 16.5. The fourth-order valence-corrected chi connectivity index (χ4v) is 1.85. The Morgan fingerprint density at radius 2 is 2.15 bits per heavy atom. The number of methoxy groups -OCH3 is 1. The van der Waals surface area contributed by atoms with E-state index in [1.54, 1.807) is 7.11 Å². The second-order valence-corrected chi connectivity index (χ2v) is 4.48. The summed E-state index contributed by atoms with van der Waals surface area (Å²) in [6.45, 7) is 5.63. The zero-order chi connectivity index (χ0) is 14.8. The van der Waals surface area contributed by atoms with Gasteiger partial charge in [-0.05, 0) is 31.7 Å². The highest BCUT2D eigenvalue weighted by atomic mass is 16.5. The Morgan fingerprint density at radius 1 is 1.35 bits per heavy atom. The molecule has 0 amide bonds. The zero-order valence-corrected chi connectivity index (χ0v) is 12.6. The highest BCUT2D eigenvalue weighted by molar-refractivity contribution is 5.48. The van der Waals surface area contributed by atoms with Gasteiger partial charge in [-0.15, -0.1) is 0 Å². The third kappa shape index (κ3) is 5.62. The van der Waals surface area contributed by atoms with Crippen molar-refractivity contribution in [3.8, 4) is 17.6 Å². The van der Waals surface area contributed by atoms with Crippen LogP contribution in [-0.4, -0.2) is 45.4 Å². The van der Waals surface area contributed by atoms with E-state index < -0.39 is 0 Å².